The lowest BCUT2D eigenvalue weighted by molar-refractivity contribution is 0.0692. The maximum Gasteiger partial charge on any atom is 0.356 e. The Morgan fingerprint density at radius 2 is 2.05 bits per heavy atom. The number of carboxylic acids is 1. The standard InChI is InChI=1S/C13H11ClN2O4S/c1-8-4-5-11(9(14)7-8)21(19,20)16-10-3-2-6-15-12(10)13(17)18/h2-7,16H,1H3,(H,17,18). The van der Waals surface area contributed by atoms with Gasteiger partial charge in [0.25, 0.3) is 10.0 Å². The van der Waals surface area contributed by atoms with E-state index in [1.807, 2.05) is 0 Å². The van der Waals surface area contributed by atoms with Gasteiger partial charge < -0.3 is 5.11 Å². The van der Waals surface area contributed by atoms with Gasteiger partial charge in [-0.25, -0.2) is 18.2 Å². The first kappa shape index (κ1) is 15.3. The normalized spacial score (nSPS) is 11.1. The van der Waals surface area contributed by atoms with E-state index in [0.717, 1.165) is 5.56 Å². The maximum absolute atomic E-state index is 12.3. The third-order valence-electron chi connectivity index (χ3n) is 2.63. The lowest BCUT2D eigenvalue weighted by Crippen LogP contribution is -2.16. The van der Waals surface area contributed by atoms with Crippen LogP contribution in [0.3, 0.4) is 0 Å². The van der Waals surface area contributed by atoms with Crippen LogP contribution in [0.1, 0.15) is 16.1 Å². The minimum absolute atomic E-state index is 0.0586. The van der Waals surface area contributed by atoms with Gasteiger partial charge in [0.1, 0.15) is 4.90 Å². The topological polar surface area (TPSA) is 96.4 Å². The average Bonchev–Trinajstić information content (AvgIpc) is 2.37. The first-order chi connectivity index (χ1) is 9.81. The van der Waals surface area contributed by atoms with Crippen LogP contribution in [0.15, 0.2) is 41.4 Å². The fraction of sp³-hybridized carbons (Fsp3) is 0.0769. The molecule has 0 unspecified atom stereocenters. The van der Waals surface area contributed by atoms with Crippen molar-refractivity contribution in [3.05, 3.63) is 52.8 Å². The van der Waals surface area contributed by atoms with Gasteiger partial charge in [0, 0.05) is 6.20 Å². The van der Waals surface area contributed by atoms with E-state index in [0.29, 0.717) is 0 Å². The second-order valence-electron chi connectivity index (χ2n) is 4.24. The summed E-state index contributed by atoms with van der Waals surface area (Å²) in [6.45, 7) is 1.78. The van der Waals surface area contributed by atoms with Crippen molar-refractivity contribution in [3.63, 3.8) is 0 Å². The lowest BCUT2D eigenvalue weighted by atomic mass is 10.2. The van der Waals surface area contributed by atoms with Crippen molar-refractivity contribution in [1.82, 2.24) is 4.98 Å². The molecule has 0 bridgehead atoms. The number of halogens is 1. The van der Waals surface area contributed by atoms with E-state index in [1.165, 1.54) is 30.5 Å². The molecule has 0 aliphatic carbocycles. The lowest BCUT2D eigenvalue weighted by Gasteiger charge is -2.11. The van der Waals surface area contributed by atoms with Crippen LogP contribution >= 0.6 is 11.6 Å². The van der Waals surface area contributed by atoms with Crippen LogP contribution in [0.2, 0.25) is 5.02 Å². The number of aryl methyl sites for hydroxylation is 1. The Kier molecular flexibility index (Phi) is 4.15. The van der Waals surface area contributed by atoms with Crippen molar-refractivity contribution < 1.29 is 18.3 Å². The quantitative estimate of drug-likeness (QED) is 0.900. The maximum atomic E-state index is 12.3. The minimum atomic E-state index is -4.00. The monoisotopic (exact) mass is 326 g/mol. The molecular weight excluding hydrogens is 316 g/mol. The molecule has 110 valence electrons. The van der Waals surface area contributed by atoms with E-state index in [9.17, 15) is 13.2 Å². The number of benzene rings is 1. The number of sulfonamides is 1. The summed E-state index contributed by atoms with van der Waals surface area (Å²) in [5.41, 5.74) is 0.303. The summed E-state index contributed by atoms with van der Waals surface area (Å²) in [6, 6.07) is 7.22. The molecule has 21 heavy (non-hydrogen) atoms. The highest BCUT2D eigenvalue weighted by Crippen LogP contribution is 2.25. The number of rotatable bonds is 4. The summed E-state index contributed by atoms with van der Waals surface area (Å²) in [5.74, 6) is -1.33. The summed E-state index contributed by atoms with van der Waals surface area (Å²) in [4.78, 5) is 14.5. The number of anilines is 1. The zero-order chi connectivity index (χ0) is 15.6. The smallest absolute Gasteiger partial charge is 0.356 e. The van der Waals surface area contributed by atoms with E-state index in [2.05, 4.69) is 9.71 Å². The van der Waals surface area contributed by atoms with Crippen LogP contribution in [0.4, 0.5) is 5.69 Å². The zero-order valence-corrected chi connectivity index (χ0v) is 12.4. The highest BCUT2D eigenvalue weighted by atomic mass is 35.5. The van der Waals surface area contributed by atoms with Crippen LogP contribution in [-0.4, -0.2) is 24.5 Å². The highest BCUT2D eigenvalue weighted by molar-refractivity contribution is 7.92. The van der Waals surface area contributed by atoms with Crippen LogP contribution in [0, 0.1) is 6.92 Å². The Morgan fingerprint density at radius 1 is 1.33 bits per heavy atom. The molecule has 0 saturated heterocycles. The SMILES string of the molecule is Cc1ccc(S(=O)(=O)Nc2cccnc2C(=O)O)c(Cl)c1. The second kappa shape index (κ2) is 5.71. The number of pyridine rings is 1. The first-order valence-corrected chi connectivity index (χ1v) is 7.64. The van der Waals surface area contributed by atoms with Crippen molar-refractivity contribution in [1.29, 1.82) is 0 Å². The van der Waals surface area contributed by atoms with Crippen LogP contribution in [-0.2, 0) is 10.0 Å². The molecule has 0 atom stereocenters. The molecule has 0 aliphatic rings. The Morgan fingerprint density at radius 3 is 2.67 bits per heavy atom. The second-order valence-corrected chi connectivity index (χ2v) is 6.30. The molecule has 0 radical (unpaired) electrons. The van der Waals surface area contributed by atoms with E-state index >= 15 is 0 Å². The van der Waals surface area contributed by atoms with Crippen molar-refractivity contribution in [2.45, 2.75) is 11.8 Å². The van der Waals surface area contributed by atoms with E-state index in [1.54, 1.807) is 13.0 Å². The first-order valence-electron chi connectivity index (χ1n) is 5.78. The van der Waals surface area contributed by atoms with Crippen molar-refractivity contribution in [2.75, 3.05) is 4.72 Å². The third kappa shape index (κ3) is 3.32. The van der Waals surface area contributed by atoms with Gasteiger partial charge in [0.15, 0.2) is 5.69 Å². The summed E-state index contributed by atoms with van der Waals surface area (Å²) in [7, 11) is -4.00. The van der Waals surface area contributed by atoms with Gasteiger partial charge in [-0.2, -0.15) is 0 Å². The minimum Gasteiger partial charge on any atom is -0.476 e. The van der Waals surface area contributed by atoms with Gasteiger partial charge in [-0.3, -0.25) is 4.72 Å². The molecule has 2 aromatic rings. The molecule has 0 saturated carbocycles. The summed E-state index contributed by atoms with van der Waals surface area (Å²) < 4.78 is 26.8. The largest absolute Gasteiger partial charge is 0.476 e. The molecule has 0 amide bonds. The molecule has 0 fully saturated rings. The predicted octanol–water partition coefficient (Wildman–Crippen LogP) is 2.54. The molecule has 0 aliphatic heterocycles. The Balaban J connectivity index is 2.45. The molecule has 2 rings (SSSR count). The van der Waals surface area contributed by atoms with E-state index in [-0.39, 0.29) is 21.3 Å². The van der Waals surface area contributed by atoms with Gasteiger partial charge in [0.2, 0.25) is 0 Å². The Hall–Kier alpha value is -2.12. The number of hydrogen-bond acceptors (Lipinski definition) is 4. The van der Waals surface area contributed by atoms with E-state index in [4.69, 9.17) is 16.7 Å². The fourth-order valence-corrected chi connectivity index (χ4v) is 3.35. The molecule has 0 spiro atoms. The van der Waals surface area contributed by atoms with Crippen molar-refractivity contribution in [2.24, 2.45) is 0 Å². The fourth-order valence-electron chi connectivity index (χ4n) is 1.68. The van der Waals surface area contributed by atoms with Gasteiger partial charge >= 0.3 is 5.97 Å². The summed E-state index contributed by atoms with van der Waals surface area (Å²) in [6.07, 6.45) is 1.26. The Bertz CT molecular complexity index is 806. The number of carboxylic acid groups (broad SMARTS) is 1. The van der Waals surface area contributed by atoms with Crippen LogP contribution < -0.4 is 4.72 Å². The van der Waals surface area contributed by atoms with Gasteiger partial charge in [-0.15, -0.1) is 0 Å². The van der Waals surface area contributed by atoms with Gasteiger partial charge in [0.05, 0.1) is 10.7 Å². The van der Waals surface area contributed by atoms with E-state index < -0.39 is 16.0 Å². The molecular formula is C13H11ClN2O4S. The number of carbonyl (C=O) groups is 1. The average molecular weight is 327 g/mol. The molecule has 1 heterocycles. The van der Waals surface area contributed by atoms with Crippen molar-refractivity contribution in [3.8, 4) is 0 Å². The number of hydrogen-bond donors (Lipinski definition) is 2. The summed E-state index contributed by atoms with van der Waals surface area (Å²) >= 11 is 5.93. The number of aromatic nitrogens is 1. The summed E-state index contributed by atoms with van der Waals surface area (Å²) in [5, 5.41) is 9.06. The zero-order valence-electron chi connectivity index (χ0n) is 10.9. The molecule has 2 N–H and O–H groups in total. The number of nitrogens with zero attached hydrogens (tertiary/aromatic N) is 1. The molecule has 1 aromatic heterocycles. The molecule has 1 aromatic carbocycles. The molecule has 6 nitrogen and oxygen atoms in total. The molecule has 8 heteroatoms. The van der Waals surface area contributed by atoms with Crippen LogP contribution in [0.5, 0.6) is 0 Å². The van der Waals surface area contributed by atoms with Crippen LogP contribution in [0.25, 0.3) is 0 Å². The van der Waals surface area contributed by atoms with Crippen molar-refractivity contribution >= 4 is 33.3 Å². The predicted molar refractivity (Wildman–Crippen MR) is 78.2 cm³/mol. The number of aromatic carboxylic acids is 1. The Labute approximate surface area is 126 Å². The third-order valence-corrected chi connectivity index (χ3v) is 4.48. The highest BCUT2D eigenvalue weighted by Gasteiger charge is 2.21. The number of nitrogens with one attached hydrogen (secondary N) is 1. The van der Waals surface area contributed by atoms with Gasteiger partial charge in [-0.1, -0.05) is 17.7 Å². The van der Waals surface area contributed by atoms with Gasteiger partial charge in [-0.05, 0) is 36.8 Å².